The Balaban J connectivity index is 2.03. The van der Waals surface area contributed by atoms with Gasteiger partial charge in [0.25, 0.3) is 0 Å². The Morgan fingerprint density at radius 1 is 1.32 bits per heavy atom. The molecule has 116 valence electrons. The smallest absolute Gasteiger partial charge is 0.132 e. The number of nitrogens with two attached hydrogens (primary N) is 1. The summed E-state index contributed by atoms with van der Waals surface area (Å²) in [6, 6.07) is 6.57. The average molecular weight is 298 g/mol. The van der Waals surface area contributed by atoms with Gasteiger partial charge >= 0.3 is 0 Å². The third-order valence-corrected chi connectivity index (χ3v) is 3.68. The maximum absolute atomic E-state index is 6.01. The SMILES string of the molecule is Cc1cc2c(c(-c3cc(NC(C)C)ncn3)c1)OC(CN)C2. The number of rotatable bonds is 4. The number of nitrogens with one attached hydrogen (secondary N) is 1. The lowest BCUT2D eigenvalue weighted by Crippen LogP contribution is -2.24. The topological polar surface area (TPSA) is 73.1 Å². The Morgan fingerprint density at radius 3 is 2.86 bits per heavy atom. The highest BCUT2D eigenvalue weighted by molar-refractivity contribution is 5.72. The molecule has 2 heterocycles. The van der Waals surface area contributed by atoms with E-state index in [1.807, 2.05) is 6.07 Å². The Bertz CT molecular complexity index is 684. The monoisotopic (exact) mass is 298 g/mol. The van der Waals surface area contributed by atoms with Crippen molar-refractivity contribution in [3.05, 3.63) is 35.7 Å². The van der Waals surface area contributed by atoms with Gasteiger partial charge in [-0.1, -0.05) is 6.07 Å². The molecule has 0 saturated heterocycles. The molecular formula is C17H22N4O. The van der Waals surface area contributed by atoms with Gasteiger partial charge in [-0.3, -0.25) is 0 Å². The molecule has 0 radical (unpaired) electrons. The number of ether oxygens (including phenoxy) is 1. The van der Waals surface area contributed by atoms with Crippen LogP contribution in [0.15, 0.2) is 24.5 Å². The normalized spacial score (nSPS) is 16.5. The van der Waals surface area contributed by atoms with E-state index in [1.54, 1.807) is 6.33 Å². The molecule has 1 aliphatic rings. The molecule has 0 saturated carbocycles. The number of hydrogen-bond donors (Lipinski definition) is 2. The molecule has 5 heteroatoms. The van der Waals surface area contributed by atoms with Crippen molar-refractivity contribution in [2.24, 2.45) is 5.73 Å². The fourth-order valence-corrected chi connectivity index (χ4v) is 2.79. The Hall–Kier alpha value is -2.14. The van der Waals surface area contributed by atoms with Crippen LogP contribution >= 0.6 is 0 Å². The Kier molecular flexibility index (Phi) is 3.98. The number of fused-ring (bicyclic) bond motifs is 1. The molecule has 1 aromatic heterocycles. The van der Waals surface area contributed by atoms with E-state index in [9.17, 15) is 0 Å². The lowest BCUT2D eigenvalue weighted by atomic mass is 10.0. The molecule has 1 unspecified atom stereocenters. The van der Waals surface area contributed by atoms with Crippen molar-refractivity contribution >= 4 is 5.82 Å². The maximum Gasteiger partial charge on any atom is 0.132 e. The fraction of sp³-hybridized carbons (Fsp3) is 0.412. The van der Waals surface area contributed by atoms with Crippen LogP contribution in [0.4, 0.5) is 5.82 Å². The molecule has 0 aliphatic carbocycles. The first kappa shape index (κ1) is 14.8. The minimum Gasteiger partial charge on any atom is -0.488 e. The minimum atomic E-state index is 0.0608. The van der Waals surface area contributed by atoms with Crippen LogP contribution in [0.25, 0.3) is 11.3 Å². The van der Waals surface area contributed by atoms with Gasteiger partial charge in [0, 0.05) is 30.6 Å². The van der Waals surface area contributed by atoms with E-state index in [-0.39, 0.29) is 6.10 Å². The number of hydrogen-bond acceptors (Lipinski definition) is 5. The highest BCUT2D eigenvalue weighted by atomic mass is 16.5. The zero-order valence-corrected chi connectivity index (χ0v) is 13.3. The molecule has 0 amide bonds. The molecule has 1 aromatic carbocycles. The molecule has 3 N–H and O–H groups in total. The van der Waals surface area contributed by atoms with Crippen LogP contribution in [0.2, 0.25) is 0 Å². The van der Waals surface area contributed by atoms with Gasteiger partial charge in [-0.15, -0.1) is 0 Å². The molecule has 2 aromatic rings. The average Bonchev–Trinajstić information content (AvgIpc) is 2.88. The van der Waals surface area contributed by atoms with Crippen molar-refractivity contribution in [2.45, 2.75) is 39.3 Å². The predicted octanol–water partition coefficient (Wildman–Crippen LogP) is 2.53. The van der Waals surface area contributed by atoms with Crippen LogP contribution in [0.3, 0.4) is 0 Å². The summed E-state index contributed by atoms with van der Waals surface area (Å²) in [5.41, 5.74) is 10.1. The van der Waals surface area contributed by atoms with Crippen LogP contribution in [-0.2, 0) is 6.42 Å². The summed E-state index contributed by atoms with van der Waals surface area (Å²) in [7, 11) is 0. The second-order valence-electron chi connectivity index (χ2n) is 6.07. The summed E-state index contributed by atoms with van der Waals surface area (Å²) in [6.45, 7) is 6.79. The number of benzene rings is 1. The van der Waals surface area contributed by atoms with Crippen molar-refractivity contribution < 1.29 is 4.74 Å². The van der Waals surface area contributed by atoms with E-state index in [0.717, 1.165) is 29.2 Å². The van der Waals surface area contributed by atoms with Gasteiger partial charge in [0.1, 0.15) is 24.0 Å². The van der Waals surface area contributed by atoms with Gasteiger partial charge in [0.05, 0.1) is 5.69 Å². The molecule has 0 fully saturated rings. The van der Waals surface area contributed by atoms with E-state index in [4.69, 9.17) is 10.5 Å². The molecule has 3 rings (SSSR count). The van der Waals surface area contributed by atoms with Crippen molar-refractivity contribution in [1.29, 1.82) is 0 Å². The highest BCUT2D eigenvalue weighted by Gasteiger charge is 2.25. The van der Waals surface area contributed by atoms with Crippen LogP contribution in [0.1, 0.15) is 25.0 Å². The van der Waals surface area contributed by atoms with E-state index in [2.05, 4.69) is 48.2 Å². The lowest BCUT2D eigenvalue weighted by Gasteiger charge is -2.13. The number of aromatic nitrogens is 2. The summed E-state index contributed by atoms with van der Waals surface area (Å²) in [4.78, 5) is 8.69. The van der Waals surface area contributed by atoms with Gasteiger partial charge in [0.15, 0.2) is 0 Å². The molecular weight excluding hydrogens is 276 g/mol. The molecule has 0 bridgehead atoms. The summed E-state index contributed by atoms with van der Waals surface area (Å²) in [5.74, 6) is 1.74. The van der Waals surface area contributed by atoms with Gasteiger partial charge in [0.2, 0.25) is 0 Å². The van der Waals surface area contributed by atoms with E-state index in [0.29, 0.717) is 12.6 Å². The molecule has 1 aliphatic heterocycles. The minimum absolute atomic E-state index is 0.0608. The van der Waals surface area contributed by atoms with Crippen molar-refractivity contribution in [3.63, 3.8) is 0 Å². The van der Waals surface area contributed by atoms with E-state index in [1.165, 1.54) is 11.1 Å². The molecule has 5 nitrogen and oxygen atoms in total. The standard InChI is InChI=1S/C17H22N4O/c1-10(2)21-16-7-15(19-9-20-16)14-5-11(3)4-12-6-13(8-18)22-17(12)14/h4-5,7,9-10,13H,6,8,18H2,1-3H3,(H,19,20,21). The first-order valence-corrected chi connectivity index (χ1v) is 7.66. The first-order valence-electron chi connectivity index (χ1n) is 7.66. The molecule has 0 spiro atoms. The van der Waals surface area contributed by atoms with Gasteiger partial charge in [-0.05, 0) is 38.0 Å². The Labute approximate surface area is 130 Å². The Morgan fingerprint density at radius 2 is 2.14 bits per heavy atom. The predicted molar refractivity (Wildman–Crippen MR) is 88.1 cm³/mol. The van der Waals surface area contributed by atoms with E-state index < -0.39 is 0 Å². The third-order valence-electron chi connectivity index (χ3n) is 3.68. The summed E-state index contributed by atoms with van der Waals surface area (Å²) < 4.78 is 6.01. The number of aryl methyl sites for hydroxylation is 1. The first-order chi connectivity index (χ1) is 10.6. The number of anilines is 1. The third kappa shape index (κ3) is 2.90. The van der Waals surface area contributed by atoms with Crippen molar-refractivity contribution in [1.82, 2.24) is 9.97 Å². The summed E-state index contributed by atoms with van der Waals surface area (Å²) >= 11 is 0. The quantitative estimate of drug-likeness (QED) is 0.907. The van der Waals surface area contributed by atoms with Crippen LogP contribution in [-0.4, -0.2) is 28.7 Å². The summed E-state index contributed by atoms with van der Waals surface area (Å²) in [5, 5.41) is 3.31. The van der Waals surface area contributed by atoms with Gasteiger partial charge in [-0.25, -0.2) is 9.97 Å². The molecule has 1 atom stereocenters. The van der Waals surface area contributed by atoms with Crippen LogP contribution < -0.4 is 15.8 Å². The van der Waals surface area contributed by atoms with Crippen LogP contribution in [0, 0.1) is 6.92 Å². The highest BCUT2D eigenvalue weighted by Crippen LogP contribution is 2.39. The van der Waals surface area contributed by atoms with Gasteiger partial charge in [-0.2, -0.15) is 0 Å². The second kappa shape index (κ2) is 5.93. The summed E-state index contributed by atoms with van der Waals surface area (Å²) in [6.07, 6.45) is 2.51. The number of nitrogens with zero attached hydrogens (tertiary/aromatic N) is 2. The van der Waals surface area contributed by atoms with Gasteiger partial charge < -0.3 is 15.8 Å². The second-order valence-corrected chi connectivity index (χ2v) is 6.07. The van der Waals surface area contributed by atoms with Crippen LogP contribution in [0.5, 0.6) is 5.75 Å². The lowest BCUT2D eigenvalue weighted by molar-refractivity contribution is 0.242. The fourth-order valence-electron chi connectivity index (χ4n) is 2.79. The zero-order valence-electron chi connectivity index (χ0n) is 13.3. The van der Waals surface area contributed by atoms with E-state index >= 15 is 0 Å². The van der Waals surface area contributed by atoms with Crippen molar-refractivity contribution in [2.75, 3.05) is 11.9 Å². The largest absolute Gasteiger partial charge is 0.488 e. The zero-order chi connectivity index (χ0) is 15.7. The van der Waals surface area contributed by atoms with Crippen molar-refractivity contribution in [3.8, 4) is 17.0 Å². The maximum atomic E-state index is 6.01. The molecule has 22 heavy (non-hydrogen) atoms.